The number of Topliss-reactive ketones (excluding diaryl/α,β-unsaturated/α-hetero) is 1. The van der Waals surface area contributed by atoms with E-state index >= 15 is 0 Å². The van der Waals surface area contributed by atoms with E-state index < -0.39 is 0 Å². The number of nitrogens with one attached hydrogen (secondary N) is 2. The maximum Gasteiger partial charge on any atom is 0.245 e. The van der Waals surface area contributed by atoms with Crippen molar-refractivity contribution in [2.75, 3.05) is 33.5 Å². The standard InChI is InChI=1S/C25H47N5O4/c1-26-25(32)22-34-21-20-33-19-15-17-23(31)16-13-11-9-7-5-3-2-4-6-8-10-12-14-18-24-27-29-30-28-24/h2-22H2,1H3,(H,26,32)(H,27,28,29,30). The van der Waals surface area contributed by atoms with Crippen LogP contribution in [0.4, 0.5) is 0 Å². The molecule has 9 nitrogen and oxygen atoms in total. The number of aromatic nitrogens is 4. The summed E-state index contributed by atoms with van der Waals surface area (Å²) in [5.41, 5.74) is 0. The van der Waals surface area contributed by atoms with Crippen molar-refractivity contribution in [3.8, 4) is 0 Å². The van der Waals surface area contributed by atoms with Crippen molar-refractivity contribution in [3.63, 3.8) is 0 Å². The molecule has 2 N–H and O–H groups in total. The van der Waals surface area contributed by atoms with Crippen molar-refractivity contribution in [1.29, 1.82) is 0 Å². The number of likely N-dealkylation sites (N-methyl/N-ethyl adjacent to an activating group) is 1. The number of carbonyl (C=O) groups excluding carboxylic acids is 2. The lowest BCUT2D eigenvalue weighted by Gasteiger charge is -2.05. The molecule has 0 saturated carbocycles. The van der Waals surface area contributed by atoms with Gasteiger partial charge in [0.1, 0.15) is 12.4 Å². The van der Waals surface area contributed by atoms with Crippen LogP contribution in [0.5, 0.6) is 0 Å². The Bertz CT molecular complexity index is 598. The highest BCUT2D eigenvalue weighted by molar-refractivity contribution is 5.78. The van der Waals surface area contributed by atoms with Crippen LogP contribution in [0.1, 0.15) is 109 Å². The second-order valence-electron chi connectivity index (χ2n) is 8.90. The quantitative estimate of drug-likeness (QED) is 0.199. The van der Waals surface area contributed by atoms with Crippen LogP contribution in [0.25, 0.3) is 0 Å². The van der Waals surface area contributed by atoms with E-state index in [0.29, 0.717) is 38.4 Å². The van der Waals surface area contributed by atoms with E-state index in [1.54, 1.807) is 7.05 Å². The third kappa shape index (κ3) is 19.6. The van der Waals surface area contributed by atoms with Gasteiger partial charge in [-0.2, -0.15) is 5.21 Å². The van der Waals surface area contributed by atoms with Crippen molar-refractivity contribution in [2.45, 2.75) is 109 Å². The zero-order valence-corrected chi connectivity index (χ0v) is 21.3. The van der Waals surface area contributed by atoms with Gasteiger partial charge in [0.05, 0.1) is 13.2 Å². The largest absolute Gasteiger partial charge is 0.379 e. The minimum absolute atomic E-state index is 0.0597. The summed E-state index contributed by atoms with van der Waals surface area (Å²) in [5, 5.41) is 16.5. The Kier molecular flexibility index (Phi) is 20.3. The number of unbranched alkanes of at least 4 members (excludes halogenated alkanes) is 12. The van der Waals surface area contributed by atoms with Gasteiger partial charge >= 0.3 is 0 Å². The summed E-state index contributed by atoms with van der Waals surface area (Å²) in [7, 11) is 1.58. The molecular formula is C25H47N5O4. The predicted octanol–water partition coefficient (Wildman–Crippen LogP) is 4.33. The van der Waals surface area contributed by atoms with E-state index in [1.807, 2.05) is 0 Å². The molecule has 0 aliphatic rings. The predicted molar refractivity (Wildman–Crippen MR) is 132 cm³/mol. The van der Waals surface area contributed by atoms with Gasteiger partial charge in [0, 0.05) is 32.9 Å². The van der Waals surface area contributed by atoms with Crippen molar-refractivity contribution >= 4 is 11.7 Å². The zero-order valence-electron chi connectivity index (χ0n) is 21.3. The molecule has 1 aromatic heterocycles. The fourth-order valence-corrected chi connectivity index (χ4v) is 3.79. The Hall–Kier alpha value is -1.87. The average Bonchev–Trinajstić information content (AvgIpc) is 3.36. The second-order valence-corrected chi connectivity index (χ2v) is 8.90. The van der Waals surface area contributed by atoms with Crippen LogP contribution < -0.4 is 5.32 Å². The maximum absolute atomic E-state index is 11.9. The molecule has 0 atom stereocenters. The molecule has 1 heterocycles. The molecular weight excluding hydrogens is 434 g/mol. The van der Waals surface area contributed by atoms with Gasteiger partial charge in [-0.3, -0.25) is 9.59 Å². The van der Waals surface area contributed by atoms with E-state index in [9.17, 15) is 9.59 Å². The van der Waals surface area contributed by atoms with Gasteiger partial charge in [0.15, 0.2) is 5.82 Å². The lowest BCUT2D eigenvalue weighted by atomic mass is 10.0. The molecule has 1 amide bonds. The molecule has 196 valence electrons. The molecule has 9 heteroatoms. The van der Waals surface area contributed by atoms with Crippen molar-refractivity contribution < 1.29 is 19.1 Å². The number of H-pyrrole nitrogens is 1. The highest BCUT2D eigenvalue weighted by Gasteiger charge is 2.03. The number of ketones is 1. The fraction of sp³-hybridized carbons (Fsp3) is 0.880. The average molecular weight is 482 g/mol. The number of rotatable bonds is 25. The summed E-state index contributed by atoms with van der Waals surface area (Å²) in [6.45, 7) is 1.47. The molecule has 0 bridgehead atoms. The molecule has 34 heavy (non-hydrogen) atoms. The van der Waals surface area contributed by atoms with Crippen LogP contribution in [0.3, 0.4) is 0 Å². The molecule has 1 aromatic rings. The Morgan fingerprint density at radius 1 is 0.735 bits per heavy atom. The lowest BCUT2D eigenvalue weighted by Crippen LogP contribution is -2.24. The summed E-state index contributed by atoms with van der Waals surface area (Å²) >= 11 is 0. The third-order valence-electron chi connectivity index (χ3n) is 5.87. The van der Waals surface area contributed by atoms with Crippen molar-refractivity contribution in [2.24, 2.45) is 0 Å². The molecule has 0 fully saturated rings. The van der Waals surface area contributed by atoms with Gasteiger partial charge in [-0.25, -0.2) is 0 Å². The van der Waals surface area contributed by atoms with Crippen molar-refractivity contribution in [3.05, 3.63) is 5.82 Å². The minimum Gasteiger partial charge on any atom is -0.379 e. The van der Waals surface area contributed by atoms with Gasteiger partial charge in [0.2, 0.25) is 5.91 Å². The monoisotopic (exact) mass is 481 g/mol. The second kappa shape index (κ2) is 22.9. The van der Waals surface area contributed by atoms with Gasteiger partial charge in [-0.15, -0.1) is 10.2 Å². The van der Waals surface area contributed by atoms with E-state index in [2.05, 4.69) is 25.9 Å². The van der Waals surface area contributed by atoms with Gasteiger partial charge in [0.25, 0.3) is 0 Å². The van der Waals surface area contributed by atoms with E-state index in [4.69, 9.17) is 9.47 Å². The highest BCUT2D eigenvalue weighted by atomic mass is 16.5. The van der Waals surface area contributed by atoms with E-state index in [-0.39, 0.29) is 12.5 Å². The van der Waals surface area contributed by atoms with Crippen LogP contribution in [-0.4, -0.2) is 65.8 Å². The molecule has 0 aliphatic carbocycles. The smallest absolute Gasteiger partial charge is 0.245 e. The lowest BCUT2D eigenvalue weighted by molar-refractivity contribution is -0.126. The summed E-state index contributed by atoms with van der Waals surface area (Å²) in [5.74, 6) is 1.03. The van der Waals surface area contributed by atoms with Crippen LogP contribution in [-0.2, 0) is 25.5 Å². The van der Waals surface area contributed by atoms with Crippen LogP contribution in [0.2, 0.25) is 0 Å². The number of carbonyl (C=O) groups is 2. The molecule has 1 rings (SSSR count). The molecule has 0 saturated heterocycles. The fourth-order valence-electron chi connectivity index (χ4n) is 3.79. The number of ether oxygens (including phenoxy) is 2. The Morgan fingerprint density at radius 3 is 1.88 bits per heavy atom. The van der Waals surface area contributed by atoms with Crippen molar-refractivity contribution in [1.82, 2.24) is 25.9 Å². The number of aromatic amines is 1. The summed E-state index contributed by atoms with van der Waals surface area (Å²) in [6.07, 6.45) is 19.4. The van der Waals surface area contributed by atoms with Crippen LogP contribution in [0.15, 0.2) is 0 Å². The Labute approximate surface area is 205 Å². The minimum atomic E-state index is -0.141. The number of aryl methyl sites for hydroxylation is 1. The topological polar surface area (TPSA) is 119 Å². The zero-order chi connectivity index (χ0) is 24.5. The molecule has 0 radical (unpaired) electrons. The van der Waals surface area contributed by atoms with Gasteiger partial charge < -0.3 is 14.8 Å². The normalized spacial score (nSPS) is 11.1. The summed E-state index contributed by atoms with van der Waals surface area (Å²) < 4.78 is 10.6. The van der Waals surface area contributed by atoms with Gasteiger partial charge in [-0.05, 0) is 19.3 Å². The highest BCUT2D eigenvalue weighted by Crippen LogP contribution is 2.13. The summed E-state index contributed by atoms with van der Waals surface area (Å²) in [6, 6.07) is 0. The number of tetrazole rings is 1. The Balaban J connectivity index is 1.70. The maximum atomic E-state index is 11.9. The summed E-state index contributed by atoms with van der Waals surface area (Å²) in [4.78, 5) is 22.9. The van der Waals surface area contributed by atoms with Gasteiger partial charge in [-0.1, -0.05) is 75.8 Å². The number of hydrogen-bond donors (Lipinski definition) is 2. The first-order valence-corrected chi connectivity index (χ1v) is 13.3. The van der Waals surface area contributed by atoms with E-state index in [0.717, 1.165) is 37.9 Å². The molecule has 0 aliphatic heterocycles. The molecule has 0 unspecified atom stereocenters. The Morgan fingerprint density at radius 2 is 1.29 bits per heavy atom. The van der Waals surface area contributed by atoms with Crippen LogP contribution >= 0.6 is 0 Å². The SMILES string of the molecule is CNC(=O)COCCOCCCC(=O)CCCCCCCCCCCCCCCc1nn[nH]n1. The first kappa shape index (κ1) is 30.2. The molecule has 0 spiro atoms. The molecule has 0 aromatic carbocycles. The first-order valence-electron chi connectivity index (χ1n) is 13.3. The van der Waals surface area contributed by atoms with Crippen LogP contribution in [0, 0.1) is 0 Å². The van der Waals surface area contributed by atoms with E-state index in [1.165, 1.54) is 64.2 Å². The first-order chi connectivity index (χ1) is 16.7. The number of hydrogen-bond acceptors (Lipinski definition) is 7. The number of nitrogens with zero attached hydrogens (tertiary/aromatic N) is 3. The number of amides is 1. The third-order valence-corrected chi connectivity index (χ3v) is 5.87.